The Balaban J connectivity index is 1.41. The third kappa shape index (κ3) is 6.17. The number of anilines is 2. The van der Waals surface area contributed by atoms with Crippen LogP contribution in [0.25, 0.3) is 17.1 Å². The average Bonchev–Trinajstić information content (AvgIpc) is 3.57. The van der Waals surface area contributed by atoms with E-state index in [2.05, 4.69) is 5.32 Å². The lowest BCUT2D eigenvalue weighted by Crippen LogP contribution is -2.26. The molecule has 0 unspecified atom stereocenters. The van der Waals surface area contributed by atoms with Crippen LogP contribution in [0.4, 0.5) is 11.6 Å². The summed E-state index contributed by atoms with van der Waals surface area (Å²) >= 11 is 0. The number of imidazole rings is 1. The van der Waals surface area contributed by atoms with Gasteiger partial charge in [0.2, 0.25) is 11.9 Å². The number of allylic oxidation sites excluding steroid dienone is 1. The van der Waals surface area contributed by atoms with E-state index >= 15 is 0 Å². The van der Waals surface area contributed by atoms with Crippen molar-refractivity contribution in [2.75, 3.05) is 30.4 Å². The van der Waals surface area contributed by atoms with Gasteiger partial charge in [0.1, 0.15) is 0 Å². The molecule has 9 nitrogen and oxygen atoms in total. The number of hydrogen-bond acceptors (Lipinski definition) is 5. The fraction of sp³-hybridized carbons (Fsp3) is 0.219. The molecule has 0 saturated carbocycles. The van der Waals surface area contributed by atoms with Gasteiger partial charge in [-0.05, 0) is 66.9 Å². The number of amides is 3. The van der Waals surface area contributed by atoms with Crippen molar-refractivity contribution in [3.8, 4) is 6.07 Å². The second kappa shape index (κ2) is 12.3. The lowest BCUT2D eigenvalue weighted by molar-refractivity contribution is -0.127. The van der Waals surface area contributed by atoms with Crippen LogP contribution in [0.1, 0.15) is 45.5 Å². The van der Waals surface area contributed by atoms with Gasteiger partial charge in [0.05, 0.1) is 17.1 Å². The zero-order valence-electron chi connectivity index (χ0n) is 22.8. The number of likely N-dealkylation sites (tertiary alicyclic amines) is 1. The Morgan fingerprint density at radius 1 is 1.05 bits per heavy atom. The number of nitrogens with zero attached hydrogens (tertiary/aromatic N) is 5. The number of fused-ring (bicyclic) bond motifs is 1. The van der Waals surface area contributed by atoms with Crippen LogP contribution in [-0.2, 0) is 11.3 Å². The van der Waals surface area contributed by atoms with E-state index in [1.807, 2.05) is 51.9 Å². The van der Waals surface area contributed by atoms with Gasteiger partial charge in [0.25, 0.3) is 11.8 Å². The Hall–Kier alpha value is -5.23. The van der Waals surface area contributed by atoms with Gasteiger partial charge >= 0.3 is 0 Å². The van der Waals surface area contributed by atoms with E-state index in [4.69, 9.17) is 10.2 Å². The van der Waals surface area contributed by atoms with Crippen LogP contribution >= 0.6 is 0 Å². The Kier molecular flexibility index (Phi) is 8.20. The SMILES string of the molecule is CN(C(=O)c1ccccc1)c1ccc2c(c1)nc(NC(=O)c1ccc(C=CC#N)cc1)n2CCCN1CCCC1=O. The molecule has 1 N–H and O–H groups in total. The van der Waals surface area contributed by atoms with E-state index in [1.54, 1.807) is 54.4 Å². The molecule has 0 aliphatic carbocycles. The molecular weight excluding hydrogens is 516 g/mol. The highest BCUT2D eigenvalue weighted by Gasteiger charge is 2.21. The third-order valence-corrected chi connectivity index (χ3v) is 7.17. The van der Waals surface area contributed by atoms with Crippen LogP contribution in [0.15, 0.2) is 78.9 Å². The van der Waals surface area contributed by atoms with Gasteiger partial charge in [-0.15, -0.1) is 0 Å². The fourth-order valence-corrected chi connectivity index (χ4v) is 4.95. The summed E-state index contributed by atoms with van der Waals surface area (Å²) in [6.45, 7) is 1.96. The van der Waals surface area contributed by atoms with Crippen molar-refractivity contribution < 1.29 is 14.4 Å². The molecule has 1 fully saturated rings. The summed E-state index contributed by atoms with van der Waals surface area (Å²) in [5.41, 5.74) is 3.98. The molecule has 0 atom stereocenters. The molecule has 4 aromatic rings. The van der Waals surface area contributed by atoms with Crippen molar-refractivity contribution in [3.63, 3.8) is 0 Å². The van der Waals surface area contributed by atoms with Crippen LogP contribution in [0.3, 0.4) is 0 Å². The Labute approximate surface area is 238 Å². The number of benzene rings is 3. The first-order valence-corrected chi connectivity index (χ1v) is 13.5. The summed E-state index contributed by atoms with van der Waals surface area (Å²) in [4.78, 5) is 46.5. The third-order valence-electron chi connectivity index (χ3n) is 7.17. The maximum absolute atomic E-state index is 13.2. The Bertz CT molecular complexity index is 1650. The molecule has 3 amide bonds. The highest BCUT2D eigenvalue weighted by atomic mass is 16.2. The molecule has 1 aliphatic rings. The highest BCUT2D eigenvalue weighted by molar-refractivity contribution is 6.07. The maximum Gasteiger partial charge on any atom is 0.258 e. The van der Waals surface area contributed by atoms with Gasteiger partial charge in [-0.3, -0.25) is 19.7 Å². The molecule has 1 aromatic heterocycles. The monoisotopic (exact) mass is 546 g/mol. The molecule has 3 aromatic carbocycles. The molecule has 5 rings (SSSR count). The first kappa shape index (κ1) is 27.3. The van der Waals surface area contributed by atoms with Crippen LogP contribution in [0, 0.1) is 11.3 Å². The van der Waals surface area contributed by atoms with Crippen LogP contribution < -0.4 is 10.2 Å². The molecule has 2 heterocycles. The van der Waals surface area contributed by atoms with E-state index < -0.39 is 0 Å². The molecule has 41 heavy (non-hydrogen) atoms. The van der Waals surface area contributed by atoms with Gasteiger partial charge in [-0.2, -0.15) is 5.26 Å². The van der Waals surface area contributed by atoms with Gasteiger partial charge in [0.15, 0.2) is 0 Å². The normalized spacial score (nSPS) is 13.1. The van der Waals surface area contributed by atoms with Crippen molar-refractivity contribution >= 4 is 46.5 Å². The van der Waals surface area contributed by atoms with Crippen molar-refractivity contribution in [2.45, 2.75) is 25.8 Å². The number of carbonyl (C=O) groups excluding carboxylic acids is 3. The van der Waals surface area contributed by atoms with Crippen LogP contribution in [-0.4, -0.2) is 52.3 Å². The second-order valence-corrected chi connectivity index (χ2v) is 9.87. The number of nitrogens with one attached hydrogen (secondary N) is 1. The van der Waals surface area contributed by atoms with Gasteiger partial charge in [0, 0.05) is 56.0 Å². The molecular formula is C32H30N6O3. The number of hydrogen-bond donors (Lipinski definition) is 1. The predicted molar refractivity (Wildman–Crippen MR) is 158 cm³/mol. The Morgan fingerprint density at radius 3 is 2.54 bits per heavy atom. The molecule has 0 radical (unpaired) electrons. The fourth-order valence-electron chi connectivity index (χ4n) is 4.95. The largest absolute Gasteiger partial charge is 0.343 e. The summed E-state index contributed by atoms with van der Waals surface area (Å²) < 4.78 is 1.95. The van der Waals surface area contributed by atoms with Crippen molar-refractivity contribution in [1.29, 1.82) is 5.26 Å². The lowest BCUT2D eigenvalue weighted by Gasteiger charge is -2.18. The topological polar surface area (TPSA) is 111 Å². The van der Waals surface area contributed by atoms with Crippen LogP contribution in [0.5, 0.6) is 0 Å². The molecule has 0 bridgehead atoms. The number of aryl methyl sites for hydroxylation is 1. The summed E-state index contributed by atoms with van der Waals surface area (Å²) in [6.07, 6.45) is 5.24. The number of carbonyl (C=O) groups is 3. The minimum atomic E-state index is -0.316. The standard InChI is InChI=1S/C32H30N6O3/c1-36(31(41)25-9-3-2-4-10-25)26-16-17-28-27(22-26)34-32(38(28)21-7-20-37-19-6-11-29(37)39)35-30(40)24-14-12-23(13-15-24)8-5-18-33/h2-5,8-10,12-17,22H,6-7,11,19-21H2,1H3,(H,34,35,40). The number of nitriles is 1. The van der Waals surface area contributed by atoms with E-state index in [-0.39, 0.29) is 17.7 Å². The van der Waals surface area contributed by atoms with Gasteiger partial charge in [-0.1, -0.05) is 30.3 Å². The van der Waals surface area contributed by atoms with E-state index in [1.165, 1.54) is 6.08 Å². The predicted octanol–water partition coefficient (Wildman–Crippen LogP) is 5.11. The van der Waals surface area contributed by atoms with Gasteiger partial charge < -0.3 is 14.4 Å². The molecule has 206 valence electrons. The highest BCUT2D eigenvalue weighted by Crippen LogP contribution is 2.27. The molecule has 0 spiro atoms. The molecule has 1 aliphatic heterocycles. The van der Waals surface area contributed by atoms with E-state index in [0.717, 1.165) is 24.0 Å². The molecule has 1 saturated heterocycles. The number of aromatic nitrogens is 2. The summed E-state index contributed by atoms with van der Waals surface area (Å²) in [5.74, 6) is 0.114. The van der Waals surface area contributed by atoms with E-state index in [9.17, 15) is 14.4 Å². The summed E-state index contributed by atoms with van der Waals surface area (Å²) in [7, 11) is 1.72. The maximum atomic E-state index is 13.2. The first-order valence-electron chi connectivity index (χ1n) is 13.5. The van der Waals surface area contributed by atoms with Gasteiger partial charge in [-0.25, -0.2) is 4.98 Å². The Morgan fingerprint density at radius 2 is 1.83 bits per heavy atom. The summed E-state index contributed by atoms with van der Waals surface area (Å²) in [6, 6.07) is 23.6. The average molecular weight is 547 g/mol. The minimum absolute atomic E-state index is 0.138. The van der Waals surface area contributed by atoms with Crippen molar-refractivity contribution in [2.24, 2.45) is 0 Å². The lowest BCUT2D eigenvalue weighted by atomic mass is 10.1. The van der Waals surface area contributed by atoms with E-state index in [0.29, 0.717) is 54.2 Å². The van der Waals surface area contributed by atoms with Crippen molar-refractivity contribution in [1.82, 2.24) is 14.5 Å². The summed E-state index contributed by atoms with van der Waals surface area (Å²) in [5, 5.41) is 11.7. The molecule has 9 heteroatoms. The minimum Gasteiger partial charge on any atom is -0.343 e. The smallest absolute Gasteiger partial charge is 0.258 e. The second-order valence-electron chi connectivity index (χ2n) is 9.87. The van der Waals surface area contributed by atoms with Crippen LogP contribution in [0.2, 0.25) is 0 Å². The zero-order valence-corrected chi connectivity index (χ0v) is 22.8. The van der Waals surface area contributed by atoms with Crippen molar-refractivity contribution in [3.05, 3.63) is 95.6 Å². The zero-order chi connectivity index (χ0) is 28.8. The first-order chi connectivity index (χ1) is 19.9. The quantitative estimate of drug-likeness (QED) is 0.293. The number of rotatable bonds is 9.